The molecule has 0 spiro atoms. The predicted molar refractivity (Wildman–Crippen MR) is 65.0 cm³/mol. The fourth-order valence-corrected chi connectivity index (χ4v) is 2.09. The second-order valence-corrected chi connectivity index (χ2v) is 4.32. The molecule has 3 N–H and O–H groups in total. The Bertz CT molecular complexity index is 353. The molecular formula is C13H18N2O. The van der Waals surface area contributed by atoms with E-state index in [2.05, 4.69) is 0 Å². The van der Waals surface area contributed by atoms with Gasteiger partial charge in [-0.15, -0.1) is 0 Å². The summed E-state index contributed by atoms with van der Waals surface area (Å²) in [6, 6.07) is 7.46. The van der Waals surface area contributed by atoms with Gasteiger partial charge in [-0.3, -0.25) is 5.41 Å². The molecule has 0 atom stereocenters. The summed E-state index contributed by atoms with van der Waals surface area (Å²) in [5.41, 5.74) is 6.14. The lowest BCUT2D eigenvalue weighted by atomic mass is 9.98. The van der Waals surface area contributed by atoms with Crippen molar-refractivity contribution >= 4 is 5.84 Å². The summed E-state index contributed by atoms with van der Waals surface area (Å²) in [4.78, 5) is 0. The monoisotopic (exact) mass is 218 g/mol. The molecule has 16 heavy (non-hydrogen) atoms. The highest BCUT2D eigenvalue weighted by Crippen LogP contribution is 2.23. The third-order valence-electron chi connectivity index (χ3n) is 3.02. The SMILES string of the molecule is N=C(N)c1ccc(OC2CCCCC2)cc1. The average Bonchev–Trinajstić information content (AvgIpc) is 2.31. The maximum Gasteiger partial charge on any atom is 0.122 e. The lowest BCUT2D eigenvalue weighted by Gasteiger charge is -2.23. The molecule has 0 amide bonds. The van der Waals surface area contributed by atoms with Gasteiger partial charge in [-0.05, 0) is 49.9 Å². The van der Waals surface area contributed by atoms with Gasteiger partial charge in [0.25, 0.3) is 0 Å². The van der Waals surface area contributed by atoms with E-state index in [9.17, 15) is 0 Å². The minimum absolute atomic E-state index is 0.101. The minimum atomic E-state index is 0.101. The van der Waals surface area contributed by atoms with E-state index in [0.29, 0.717) is 6.10 Å². The molecule has 1 aromatic rings. The third kappa shape index (κ3) is 2.75. The number of amidine groups is 1. The topological polar surface area (TPSA) is 59.1 Å². The Morgan fingerprint density at radius 3 is 2.31 bits per heavy atom. The predicted octanol–water partition coefficient (Wildman–Crippen LogP) is 2.68. The van der Waals surface area contributed by atoms with Gasteiger partial charge in [0.1, 0.15) is 11.6 Å². The van der Waals surface area contributed by atoms with Crippen LogP contribution < -0.4 is 10.5 Å². The van der Waals surface area contributed by atoms with Crippen LogP contribution in [0.3, 0.4) is 0 Å². The zero-order valence-corrected chi connectivity index (χ0v) is 9.41. The van der Waals surface area contributed by atoms with Crippen LogP contribution in [0.15, 0.2) is 24.3 Å². The van der Waals surface area contributed by atoms with Gasteiger partial charge in [-0.2, -0.15) is 0 Å². The summed E-state index contributed by atoms with van der Waals surface area (Å²) < 4.78 is 5.88. The van der Waals surface area contributed by atoms with Crippen LogP contribution in [0.5, 0.6) is 5.75 Å². The maximum atomic E-state index is 7.30. The Kier molecular flexibility index (Phi) is 3.44. The highest BCUT2D eigenvalue weighted by molar-refractivity contribution is 5.94. The van der Waals surface area contributed by atoms with Crippen LogP contribution >= 0.6 is 0 Å². The molecule has 0 radical (unpaired) electrons. The van der Waals surface area contributed by atoms with Crippen LogP contribution in [0, 0.1) is 5.41 Å². The summed E-state index contributed by atoms with van der Waals surface area (Å²) in [6.45, 7) is 0. The van der Waals surface area contributed by atoms with E-state index in [1.54, 1.807) is 0 Å². The largest absolute Gasteiger partial charge is 0.490 e. The fourth-order valence-electron chi connectivity index (χ4n) is 2.09. The van der Waals surface area contributed by atoms with Crippen molar-refractivity contribution in [1.82, 2.24) is 0 Å². The fraction of sp³-hybridized carbons (Fsp3) is 0.462. The first-order valence-corrected chi connectivity index (χ1v) is 5.87. The minimum Gasteiger partial charge on any atom is -0.490 e. The van der Waals surface area contributed by atoms with Crippen LogP contribution in [0.2, 0.25) is 0 Å². The van der Waals surface area contributed by atoms with Gasteiger partial charge in [0.2, 0.25) is 0 Å². The van der Waals surface area contributed by atoms with E-state index in [0.717, 1.165) is 24.2 Å². The summed E-state index contributed by atoms with van der Waals surface area (Å²) in [7, 11) is 0. The molecule has 3 nitrogen and oxygen atoms in total. The molecule has 0 heterocycles. The zero-order valence-electron chi connectivity index (χ0n) is 9.41. The van der Waals surface area contributed by atoms with Crippen LogP contribution in [0.4, 0.5) is 0 Å². The quantitative estimate of drug-likeness (QED) is 0.605. The number of rotatable bonds is 3. The first-order valence-electron chi connectivity index (χ1n) is 5.87. The molecule has 1 aliphatic carbocycles. The van der Waals surface area contributed by atoms with Gasteiger partial charge in [0, 0.05) is 5.56 Å². The number of hydrogen-bond acceptors (Lipinski definition) is 2. The zero-order chi connectivity index (χ0) is 11.4. The number of nitrogens with two attached hydrogens (primary N) is 1. The number of nitrogen functional groups attached to an aromatic ring is 1. The smallest absolute Gasteiger partial charge is 0.122 e. The van der Waals surface area contributed by atoms with Crippen LogP contribution in [-0.2, 0) is 0 Å². The number of hydrogen-bond donors (Lipinski definition) is 2. The van der Waals surface area contributed by atoms with Crippen molar-refractivity contribution in [3.05, 3.63) is 29.8 Å². The summed E-state index contributed by atoms with van der Waals surface area (Å²) in [6.07, 6.45) is 6.58. The highest BCUT2D eigenvalue weighted by Gasteiger charge is 2.14. The van der Waals surface area contributed by atoms with Crippen LogP contribution in [-0.4, -0.2) is 11.9 Å². The molecule has 0 saturated heterocycles. The van der Waals surface area contributed by atoms with E-state index < -0.39 is 0 Å². The maximum absolute atomic E-state index is 7.30. The molecule has 0 aliphatic heterocycles. The van der Waals surface area contributed by atoms with Crippen molar-refractivity contribution in [3.8, 4) is 5.75 Å². The lowest BCUT2D eigenvalue weighted by Crippen LogP contribution is -2.19. The van der Waals surface area contributed by atoms with Crippen molar-refractivity contribution in [1.29, 1.82) is 5.41 Å². The lowest BCUT2D eigenvalue weighted by molar-refractivity contribution is 0.155. The van der Waals surface area contributed by atoms with Crippen LogP contribution in [0.1, 0.15) is 37.7 Å². The molecule has 1 aromatic carbocycles. The second kappa shape index (κ2) is 5.01. The summed E-state index contributed by atoms with van der Waals surface area (Å²) in [5, 5.41) is 7.30. The Hall–Kier alpha value is -1.51. The van der Waals surface area contributed by atoms with Gasteiger partial charge < -0.3 is 10.5 Å². The Morgan fingerprint density at radius 1 is 1.12 bits per heavy atom. The van der Waals surface area contributed by atoms with E-state index in [4.69, 9.17) is 15.9 Å². The number of benzene rings is 1. The average molecular weight is 218 g/mol. The molecular weight excluding hydrogens is 200 g/mol. The Balaban J connectivity index is 1.96. The van der Waals surface area contributed by atoms with Crippen LogP contribution in [0.25, 0.3) is 0 Å². The van der Waals surface area contributed by atoms with E-state index >= 15 is 0 Å². The standard InChI is InChI=1S/C13H18N2O/c14-13(15)10-6-8-12(9-7-10)16-11-4-2-1-3-5-11/h6-9,11H,1-5H2,(H3,14,15). The Morgan fingerprint density at radius 2 is 1.75 bits per heavy atom. The first-order chi connectivity index (χ1) is 7.75. The van der Waals surface area contributed by atoms with Gasteiger partial charge in [0.15, 0.2) is 0 Å². The molecule has 0 bridgehead atoms. The normalized spacial score (nSPS) is 17.0. The van der Waals surface area contributed by atoms with E-state index in [1.807, 2.05) is 24.3 Å². The molecule has 1 fully saturated rings. The van der Waals surface area contributed by atoms with Crippen molar-refractivity contribution in [2.75, 3.05) is 0 Å². The van der Waals surface area contributed by atoms with Gasteiger partial charge in [0.05, 0.1) is 6.10 Å². The number of nitrogens with one attached hydrogen (secondary N) is 1. The van der Waals surface area contributed by atoms with Crippen molar-refractivity contribution in [2.24, 2.45) is 5.73 Å². The van der Waals surface area contributed by atoms with E-state index in [-0.39, 0.29) is 5.84 Å². The third-order valence-corrected chi connectivity index (χ3v) is 3.02. The molecule has 86 valence electrons. The van der Waals surface area contributed by atoms with Gasteiger partial charge in [-0.1, -0.05) is 6.42 Å². The molecule has 0 aromatic heterocycles. The molecule has 0 unspecified atom stereocenters. The second-order valence-electron chi connectivity index (χ2n) is 4.32. The molecule has 2 rings (SSSR count). The molecule has 1 saturated carbocycles. The van der Waals surface area contributed by atoms with Gasteiger partial charge >= 0.3 is 0 Å². The molecule has 1 aliphatic rings. The van der Waals surface area contributed by atoms with Crippen molar-refractivity contribution in [2.45, 2.75) is 38.2 Å². The van der Waals surface area contributed by atoms with E-state index in [1.165, 1.54) is 19.3 Å². The molecule has 3 heteroatoms. The number of ether oxygens (including phenoxy) is 1. The summed E-state index contributed by atoms with van der Waals surface area (Å²) in [5.74, 6) is 0.987. The highest BCUT2D eigenvalue weighted by atomic mass is 16.5. The first kappa shape index (κ1) is 11.0. The van der Waals surface area contributed by atoms with Crippen molar-refractivity contribution in [3.63, 3.8) is 0 Å². The Labute approximate surface area is 96.1 Å². The van der Waals surface area contributed by atoms with Gasteiger partial charge in [-0.25, -0.2) is 0 Å². The van der Waals surface area contributed by atoms with Crippen molar-refractivity contribution < 1.29 is 4.74 Å². The summed E-state index contributed by atoms with van der Waals surface area (Å²) >= 11 is 0.